The Morgan fingerprint density at radius 1 is 0.867 bits per heavy atom. The van der Waals surface area contributed by atoms with E-state index in [-0.39, 0.29) is 12.3 Å². The second kappa shape index (κ2) is 10.9. The van der Waals surface area contributed by atoms with E-state index >= 15 is 0 Å². The number of rotatable bonds is 9. The maximum Gasteiger partial charge on any atom is 0.304 e. The SMILES string of the molecule is CC#CC(CC(=O)O)c1ccc(OCc2ccc(CCc3ccccc3)cc2)cc1. The van der Waals surface area contributed by atoms with Crippen molar-refractivity contribution in [3.8, 4) is 17.6 Å². The van der Waals surface area contributed by atoms with Gasteiger partial charge in [-0.3, -0.25) is 4.79 Å². The number of ether oxygens (including phenoxy) is 1. The van der Waals surface area contributed by atoms with Crippen molar-refractivity contribution in [1.29, 1.82) is 0 Å². The van der Waals surface area contributed by atoms with E-state index in [1.165, 1.54) is 11.1 Å². The largest absolute Gasteiger partial charge is 0.489 e. The summed E-state index contributed by atoms with van der Waals surface area (Å²) in [5.41, 5.74) is 4.67. The molecule has 0 radical (unpaired) electrons. The Morgan fingerprint density at radius 2 is 1.47 bits per heavy atom. The lowest BCUT2D eigenvalue weighted by atomic mass is 9.96. The van der Waals surface area contributed by atoms with Gasteiger partial charge in [-0.1, -0.05) is 72.7 Å². The fourth-order valence-corrected chi connectivity index (χ4v) is 3.30. The lowest BCUT2D eigenvalue weighted by Gasteiger charge is -2.11. The van der Waals surface area contributed by atoms with Crippen LogP contribution in [-0.4, -0.2) is 11.1 Å². The van der Waals surface area contributed by atoms with Gasteiger partial charge in [0.15, 0.2) is 0 Å². The van der Waals surface area contributed by atoms with Crippen molar-refractivity contribution < 1.29 is 14.6 Å². The van der Waals surface area contributed by atoms with Crippen LogP contribution in [0, 0.1) is 11.8 Å². The van der Waals surface area contributed by atoms with Crippen molar-refractivity contribution in [1.82, 2.24) is 0 Å². The summed E-state index contributed by atoms with van der Waals surface area (Å²) in [6.45, 7) is 2.21. The van der Waals surface area contributed by atoms with Crippen LogP contribution in [0.2, 0.25) is 0 Å². The second-order valence-electron chi connectivity index (χ2n) is 7.20. The molecule has 0 saturated heterocycles. The Kier molecular flexibility index (Phi) is 7.69. The smallest absolute Gasteiger partial charge is 0.304 e. The Hall–Kier alpha value is -3.51. The van der Waals surface area contributed by atoms with Crippen molar-refractivity contribution in [2.75, 3.05) is 0 Å². The van der Waals surface area contributed by atoms with Gasteiger partial charge in [-0.05, 0) is 54.2 Å². The number of carboxylic acids is 1. The summed E-state index contributed by atoms with van der Waals surface area (Å²) in [6.07, 6.45) is 2.05. The highest BCUT2D eigenvalue weighted by Crippen LogP contribution is 2.23. The van der Waals surface area contributed by atoms with Crippen LogP contribution in [0.4, 0.5) is 0 Å². The fourth-order valence-electron chi connectivity index (χ4n) is 3.30. The molecule has 3 rings (SSSR count). The van der Waals surface area contributed by atoms with E-state index in [0.29, 0.717) is 6.61 Å². The second-order valence-corrected chi connectivity index (χ2v) is 7.20. The molecule has 0 spiro atoms. The molecule has 0 fully saturated rings. The maximum absolute atomic E-state index is 11.0. The third-order valence-electron chi connectivity index (χ3n) is 4.95. The van der Waals surface area contributed by atoms with E-state index in [4.69, 9.17) is 9.84 Å². The molecule has 3 nitrogen and oxygen atoms in total. The molecule has 0 saturated carbocycles. The third-order valence-corrected chi connectivity index (χ3v) is 4.95. The summed E-state index contributed by atoms with van der Waals surface area (Å²) in [5.74, 6) is 5.38. The molecule has 0 bridgehead atoms. The molecule has 3 aromatic rings. The van der Waals surface area contributed by atoms with Crippen LogP contribution < -0.4 is 4.74 Å². The molecule has 0 heterocycles. The summed E-state index contributed by atoms with van der Waals surface area (Å²) in [5, 5.41) is 9.06. The summed E-state index contributed by atoms with van der Waals surface area (Å²) in [4.78, 5) is 11.0. The number of aliphatic carboxylic acids is 1. The molecule has 1 atom stereocenters. The van der Waals surface area contributed by atoms with Gasteiger partial charge in [-0.25, -0.2) is 0 Å². The van der Waals surface area contributed by atoms with Crippen molar-refractivity contribution >= 4 is 5.97 Å². The van der Waals surface area contributed by atoms with Crippen molar-refractivity contribution in [3.63, 3.8) is 0 Å². The van der Waals surface area contributed by atoms with E-state index in [9.17, 15) is 4.79 Å². The minimum absolute atomic E-state index is 0.00232. The minimum Gasteiger partial charge on any atom is -0.489 e. The molecular weight excluding hydrogens is 372 g/mol. The van der Waals surface area contributed by atoms with E-state index in [1.54, 1.807) is 6.92 Å². The zero-order chi connectivity index (χ0) is 21.2. The van der Waals surface area contributed by atoms with Gasteiger partial charge in [0, 0.05) is 0 Å². The lowest BCUT2D eigenvalue weighted by Crippen LogP contribution is -2.04. The fraction of sp³-hybridized carbons (Fsp3) is 0.222. The molecule has 0 aliphatic rings. The van der Waals surface area contributed by atoms with E-state index in [2.05, 4.69) is 60.4 Å². The zero-order valence-electron chi connectivity index (χ0n) is 17.2. The summed E-state index contributed by atoms with van der Waals surface area (Å²) in [7, 11) is 0. The maximum atomic E-state index is 11.0. The van der Waals surface area contributed by atoms with Crippen LogP contribution in [0.1, 0.15) is 41.5 Å². The molecular formula is C27H26O3. The number of hydrogen-bond acceptors (Lipinski definition) is 2. The van der Waals surface area contributed by atoms with Crippen molar-refractivity contribution in [2.24, 2.45) is 0 Å². The van der Waals surface area contributed by atoms with E-state index in [1.807, 2.05) is 30.3 Å². The van der Waals surface area contributed by atoms with Crippen LogP contribution in [-0.2, 0) is 24.2 Å². The van der Waals surface area contributed by atoms with Gasteiger partial charge in [0.05, 0.1) is 12.3 Å². The first-order chi connectivity index (χ1) is 14.6. The molecule has 0 aliphatic heterocycles. The summed E-state index contributed by atoms with van der Waals surface area (Å²) in [6, 6.07) is 26.6. The normalized spacial score (nSPS) is 11.2. The average molecular weight is 399 g/mol. The van der Waals surface area contributed by atoms with E-state index < -0.39 is 5.97 Å². The molecule has 30 heavy (non-hydrogen) atoms. The van der Waals surface area contributed by atoms with Gasteiger partial charge in [-0.15, -0.1) is 5.92 Å². The molecule has 0 aromatic heterocycles. The molecule has 152 valence electrons. The van der Waals surface area contributed by atoms with Crippen LogP contribution in [0.3, 0.4) is 0 Å². The predicted octanol–water partition coefficient (Wildman–Crippen LogP) is 5.63. The van der Waals surface area contributed by atoms with Crippen molar-refractivity contribution in [3.05, 3.63) is 101 Å². The first-order valence-corrected chi connectivity index (χ1v) is 10.1. The quantitative estimate of drug-likeness (QED) is 0.475. The average Bonchev–Trinajstić information content (AvgIpc) is 2.77. The first kappa shape index (κ1) is 21.2. The standard InChI is InChI=1S/C27H26O3/c1-2-6-25(19-27(28)29)24-15-17-26(18-16-24)30-20-23-13-11-22(12-14-23)10-9-21-7-4-3-5-8-21/h3-5,7-8,11-18,25H,9-10,19-20H2,1H3,(H,28,29). The number of benzene rings is 3. The van der Waals surface area contributed by atoms with Gasteiger partial charge in [0.1, 0.15) is 12.4 Å². The highest BCUT2D eigenvalue weighted by Gasteiger charge is 2.13. The number of hydrogen-bond donors (Lipinski definition) is 1. The van der Waals surface area contributed by atoms with E-state index in [0.717, 1.165) is 29.7 Å². The molecule has 1 N–H and O–H groups in total. The molecule has 3 aromatic carbocycles. The van der Waals surface area contributed by atoms with Gasteiger partial charge in [0.2, 0.25) is 0 Å². The summed E-state index contributed by atoms with van der Waals surface area (Å²) < 4.78 is 5.88. The monoisotopic (exact) mass is 398 g/mol. The predicted molar refractivity (Wildman–Crippen MR) is 120 cm³/mol. The van der Waals surface area contributed by atoms with Crippen LogP contribution in [0.5, 0.6) is 5.75 Å². The highest BCUT2D eigenvalue weighted by atomic mass is 16.5. The zero-order valence-corrected chi connectivity index (χ0v) is 17.2. The summed E-state index contributed by atoms with van der Waals surface area (Å²) >= 11 is 0. The van der Waals surface area contributed by atoms with Crippen LogP contribution in [0.25, 0.3) is 0 Å². The number of aryl methyl sites for hydroxylation is 2. The number of carbonyl (C=O) groups is 1. The first-order valence-electron chi connectivity index (χ1n) is 10.1. The van der Waals surface area contributed by atoms with Crippen LogP contribution in [0.15, 0.2) is 78.9 Å². The molecule has 1 unspecified atom stereocenters. The third kappa shape index (κ3) is 6.53. The Bertz CT molecular complexity index is 994. The Morgan fingerprint density at radius 3 is 2.07 bits per heavy atom. The molecule has 0 amide bonds. The van der Waals surface area contributed by atoms with Gasteiger partial charge in [0.25, 0.3) is 0 Å². The Balaban J connectivity index is 1.52. The lowest BCUT2D eigenvalue weighted by molar-refractivity contribution is -0.137. The van der Waals surface area contributed by atoms with Crippen LogP contribution >= 0.6 is 0 Å². The molecule has 3 heteroatoms. The topological polar surface area (TPSA) is 46.5 Å². The number of carboxylic acid groups (broad SMARTS) is 1. The van der Waals surface area contributed by atoms with Gasteiger partial charge >= 0.3 is 5.97 Å². The highest BCUT2D eigenvalue weighted by molar-refractivity contribution is 5.69. The Labute approximate surface area is 178 Å². The minimum atomic E-state index is -0.852. The van der Waals surface area contributed by atoms with Crippen molar-refractivity contribution in [2.45, 2.75) is 38.7 Å². The van der Waals surface area contributed by atoms with Gasteiger partial charge < -0.3 is 9.84 Å². The van der Waals surface area contributed by atoms with Gasteiger partial charge in [-0.2, -0.15) is 0 Å². The molecule has 0 aliphatic carbocycles.